The van der Waals surface area contributed by atoms with Crippen molar-refractivity contribution in [3.63, 3.8) is 0 Å². The quantitative estimate of drug-likeness (QED) is 0.844. The van der Waals surface area contributed by atoms with Gasteiger partial charge in [0.25, 0.3) is 0 Å². The number of benzene rings is 1. The van der Waals surface area contributed by atoms with Gasteiger partial charge in [-0.3, -0.25) is 4.79 Å². The zero-order valence-corrected chi connectivity index (χ0v) is 12.4. The first-order valence-electron chi connectivity index (χ1n) is 6.79. The Morgan fingerprint density at radius 2 is 1.77 bits per heavy atom. The molecule has 120 valence electrons. The molecule has 1 fully saturated rings. The van der Waals surface area contributed by atoms with Gasteiger partial charge in [-0.25, -0.2) is 0 Å². The average Bonchev–Trinajstić information content (AvgIpc) is 2.45. The van der Waals surface area contributed by atoms with E-state index in [0.29, 0.717) is 23.9 Å². The monoisotopic (exact) mass is 333 g/mol. The van der Waals surface area contributed by atoms with E-state index in [4.69, 9.17) is 11.6 Å². The molecule has 1 aromatic carbocycles. The van der Waals surface area contributed by atoms with Crippen LogP contribution in [0.4, 0.5) is 13.2 Å². The van der Waals surface area contributed by atoms with Crippen molar-refractivity contribution in [3.05, 3.63) is 40.9 Å². The smallest absolute Gasteiger partial charge is 0.393 e. The Bertz CT molecular complexity index is 561. The molecule has 0 spiro atoms. The van der Waals surface area contributed by atoms with Gasteiger partial charge in [0.1, 0.15) is 0 Å². The van der Waals surface area contributed by atoms with E-state index < -0.39 is 23.8 Å². The van der Waals surface area contributed by atoms with Crippen molar-refractivity contribution in [2.45, 2.75) is 25.1 Å². The molecule has 0 unspecified atom stereocenters. The number of halogens is 4. The molecular weight excluding hydrogens is 319 g/mol. The number of allylic oxidation sites excluding steroid dienone is 1. The van der Waals surface area contributed by atoms with Crippen LogP contribution in [0.3, 0.4) is 0 Å². The van der Waals surface area contributed by atoms with Gasteiger partial charge < -0.3 is 10.0 Å². The summed E-state index contributed by atoms with van der Waals surface area (Å²) in [6.07, 6.45) is -3.77. The van der Waals surface area contributed by atoms with E-state index in [2.05, 4.69) is 0 Å². The molecule has 0 aliphatic carbocycles. The largest absolute Gasteiger partial charge is 0.417 e. The normalized spacial score (nSPS) is 17.7. The number of hydrogen-bond acceptors (Lipinski definition) is 2. The van der Waals surface area contributed by atoms with Crippen molar-refractivity contribution in [2.75, 3.05) is 13.1 Å². The number of carbonyl (C=O) groups is 1. The van der Waals surface area contributed by atoms with E-state index in [1.165, 1.54) is 29.2 Å². The molecule has 1 N–H and O–H groups in total. The molecule has 3 nitrogen and oxygen atoms in total. The Balaban J connectivity index is 2.25. The molecule has 0 aromatic heterocycles. The van der Waals surface area contributed by atoms with E-state index in [1.54, 1.807) is 0 Å². The summed E-state index contributed by atoms with van der Waals surface area (Å²) in [6, 6.07) is 5.15. The second kappa shape index (κ2) is 6.71. The van der Waals surface area contributed by atoms with Gasteiger partial charge in [0.2, 0.25) is 5.91 Å². The summed E-state index contributed by atoms with van der Waals surface area (Å²) < 4.78 is 39.6. The number of amides is 1. The number of carbonyl (C=O) groups excluding carboxylic acids is 1. The minimum atomic E-state index is -4.64. The van der Waals surface area contributed by atoms with Crippen LogP contribution in [0.1, 0.15) is 18.4 Å². The molecule has 2 rings (SSSR count). The molecule has 0 atom stereocenters. The highest BCUT2D eigenvalue weighted by molar-refractivity contribution is 6.30. The number of alkyl halides is 3. The van der Waals surface area contributed by atoms with Crippen LogP contribution in [0.25, 0.3) is 5.57 Å². The second-order valence-electron chi connectivity index (χ2n) is 5.12. The lowest BCUT2D eigenvalue weighted by molar-refractivity contribution is -0.128. The van der Waals surface area contributed by atoms with Gasteiger partial charge in [0.15, 0.2) is 0 Å². The molecule has 0 radical (unpaired) electrons. The topological polar surface area (TPSA) is 40.5 Å². The maximum atomic E-state index is 13.2. The third-order valence-electron chi connectivity index (χ3n) is 3.50. The van der Waals surface area contributed by atoms with Crippen molar-refractivity contribution in [1.82, 2.24) is 4.90 Å². The summed E-state index contributed by atoms with van der Waals surface area (Å²) in [6.45, 7) is 0.504. The molecule has 1 heterocycles. The number of aliphatic hydroxyl groups excluding tert-OH is 1. The molecule has 1 saturated heterocycles. The van der Waals surface area contributed by atoms with Crippen LogP contribution >= 0.6 is 11.6 Å². The van der Waals surface area contributed by atoms with Gasteiger partial charge in [-0.2, -0.15) is 13.2 Å². The average molecular weight is 334 g/mol. The van der Waals surface area contributed by atoms with E-state index in [1.807, 2.05) is 0 Å². The lowest BCUT2D eigenvalue weighted by Crippen LogP contribution is -2.39. The Morgan fingerprint density at radius 1 is 1.23 bits per heavy atom. The summed E-state index contributed by atoms with van der Waals surface area (Å²) >= 11 is 5.67. The van der Waals surface area contributed by atoms with Gasteiger partial charge in [0, 0.05) is 24.2 Å². The van der Waals surface area contributed by atoms with Crippen LogP contribution in [0.15, 0.2) is 30.3 Å². The fourth-order valence-corrected chi connectivity index (χ4v) is 2.39. The first-order chi connectivity index (χ1) is 10.3. The third-order valence-corrected chi connectivity index (χ3v) is 3.76. The van der Waals surface area contributed by atoms with Crippen molar-refractivity contribution in [2.24, 2.45) is 0 Å². The van der Waals surface area contributed by atoms with Crippen LogP contribution < -0.4 is 0 Å². The van der Waals surface area contributed by atoms with E-state index >= 15 is 0 Å². The SMILES string of the molecule is O=C(/C=C(/c1ccc(Cl)cc1)C(F)(F)F)N1CCC(O)CC1. The second-order valence-corrected chi connectivity index (χ2v) is 5.56. The molecule has 0 saturated carbocycles. The number of piperidine rings is 1. The van der Waals surface area contributed by atoms with Crippen LogP contribution in [0.2, 0.25) is 5.02 Å². The third kappa shape index (κ3) is 4.24. The minimum absolute atomic E-state index is 0.109. The highest BCUT2D eigenvalue weighted by atomic mass is 35.5. The standard InChI is InChI=1S/C15H15ClF3NO2/c16-11-3-1-10(2-4-11)13(15(17,18)19)9-14(22)20-7-5-12(21)6-8-20/h1-4,9,12,21H,5-8H2/b13-9-. The summed E-state index contributed by atoms with van der Waals surface area (Å²) in [4.78, 5) is 13.4. The van der Waals surface area contributed by atoms with Crippen LogP contribution in [0, 0.1) is 0 Å². The highest BCUT2D eigenvalue weighted by Crippen LogP contribution is 2.34. The molecule has 0 bridgehead atoms. The summed E-state index contributed by atoms with van der Waals surface area (Å²) in [7, 11) is 0. The van der Waals surface area contributed by atoms with Crippen LogP contribution in [-0.4, -0.2) is 41.3 Å². The van der Waals surface area contributed by atoms with Gasteiger partial charge in [0.05, 0.1) is 11.7 Å². The number of likely N-dealkylation sites (tertiary alicyclic amines) is 1. The van der Waals surface area contributed by atoms with E-state index in [9.17, 15) is 23.1 Å². The van der Waals surface area contributed by atoms with Crippen molar-refractivity contribution < 1.29 is 23.1 Å². The number of aliphatic hydroxyl groups is 1. The summed E-state index contributed by atoms with van der Waals surface area (Å²) in [5, 5.41) is 9.70. The van der Waals surface area contributed by atoms with Crippen LogP contribution in [-0.2, 0) is 4.79 Å². The molecule has 1 aliphatic rings. The first kappa shape index (κ1) is 16.8. The predicted octanol–water partition coefficient (Wildman–Crippen LogP) is 3.27. The molecule has 1 aromatic rings. The van der Waals surface area contributed by atoms with Crippen molar-refractivity contribution in [1.29, 1.82) is 0 Å². The Hall–Kier alpha value is -1.53. The lowest BCUT2D eigenvalue weighted by Gasteiger charge is -2.29. The predicted molar refractivity (Wildman–Crippen MR) is 77.3 cm³/mol. The molecule has 22 heavy (non-hydrogen) atoms. The molecule has 1 aliphatic heterocycles. The van der Waals surface area contributed by atoms with Crippen LogP contribution in [0.5, 0.6) is 0 Å². The van der Waals surface area contributed by atoms with Gasteiger partial charge >= 0.3 is 6.18 Å². The van der Waals surface area contributed by atoms with Crippen molar-refractivity contribution in [3.8, 4) is 0 Å². The zero-order chi connectivity index (χ0) is 16.3. The minimum Gasteiger partial charge on any atom is -0.393 e. The van der Waals surface area contributed by atoms with E-state index in [-0.39, 0.29) is 18.7 Å². The first-order valence-corrected chi connectivity index (χ1v) is 7.17. The number of nitrogens with zero attached hydrogens (tertiary/aromatic N) is 1. The number of hydrogen-bond donors (Lipinski definition) is 1. The maximum Gasteiger partial charge on any atom is 0.417 e. The molecular formula is C15H15ClF3NO2. The zero-order valence-electron chi connectivity index (χ0n) is 11.6. The lowest BCUT2D eigenvalue weighted by atomic mass is 10.0. The summed E-state index contributed by atoms with van der Waals surface area (Å²) in [5.74, 6) is -0.700. The highest BCUT2D eigenvalue weighted by Gasteiger charge is 2.36. The van der Waals surface area contributed by atoms with Crippen molar-refractivity contribution >= 4 is 23.1 Å². The number of rotatable bonds is 2. The van der Waals surface area contributed by atoms with E-state index in [0.717, 1.165) is 0 Å². The molecule has 7 heteroatoms. The molecule has 1 amide bonds. The Kier molecular flexibility index (Phi) is 5.13. The van der Waals surface area contributed by atoms with Gasteiger partial charge in [-0.15, -0.1) is 0 Å². The fraction of sp³-hybridized carbons (Fsp3) is 0.400. The Morgan fingerprint density at radius 3 is 2.27 bits per heavy atom. The van der Waals surface area contributed by atoms with Gasteiger partial charge in [-0.05, 0) is 30.5 Å². The maximum absolute atomic E-state index is 13.2. The summed E-state index contributed by atoms with van der Waals surface area (Å²) in [5.41, 5.74) is -1.11. The fourth-order valence-electron chi connectivity index (χ4n) is 2.26. The Labute approximate surface area is 131 Å². The van der Waals surface area contributed by atoms with Gasteiger partial charge in [-0.1, -0.05) is 23.7 Å².